The first-order chi connectivity index (χ1) is 8.65. The molecular weight excluding hydrogens is 298 g/mol. The van der Waals surface area contributed by atoms with Gasteiger partial charge in [0, 0.05) is 5.56 Å². The maximum absolute atomic E-state index is 9.61. The number of hydrogen-bond acceptors (Lipinski definition) is 4. The summed E-state index contributed by atoms with van der Waals surface area (Å²) in [7, 11) is 0. The molecule has 0 saturated carbocycles. The van der Waals surface area contributed by atoms with Gasteiger partial charge in [-0.1, -0.05) is 5.16 Å². The first-order valence-electron chi connectivity index (χ1n) is 5.22. The Morgan fingerprint density at radius 3 is 2.44 bits per heavy atom. The summed E-state index contributed by atoms with van der Waals surface area (Å²) in [5.41, 5.74) is 2.02. The third-order valence-electron chi connectivity index (χ3n) is 2.65. The maximum Gasteiger partial charge on any atom is 0.181 e. The molecule has 0 spiro atoms. The molecule has 0 aliphatic rings. The van der Waals surface area contributed by atoms with Crippen LogP contribution in [0, 0.1) is 0 Å². The topological polar surface area (TPSA) is 66.5 Å². The fourth-order valence-corrected chi connectivity index (χ4v) is 2.34. The molecule has 90 valence electrons. The molecule has 0 bridgehead atoms. The molecule has 2 aromatic carbocycles. The number of nitrogens with zero attached hydrogens (tertiary/aromatic N) is 1. The summed E-state index contributed by atoms with van der Waals surface area (Å²) in [4.78, 5) is 0. The normalized spacial score (nSPS) is 10.9. The van der Waals surface area contributed by atoms with Gasteiger partial charge in [-0.25, -0.2) is 0 Å². The minimum Gasteiger partial charge on any atom is -0.508 e. The number of benzene rings is 2. The molecule has 3 rings (SSSR count). The van der Waals surface area contributed by atoms with E-state index in [0.29, 0.717) is 21.1 Å². The summed E-state index contributed by atoms with van der Waals surface area (Å²) in [5, 5.41) is 23.6. The van der Waals surface area contributed by atoms with Crippen LogP contribution in [0.1, 0.15) is 0 Å². The third kappa shape index (κ3) is 1.73. The van der Waals surface area contributed by atoms with Crippen LogP contribution >= 0.6 is 15.9 Å². The Morgan fingerprint density at radius 2 is 1.72 bits per heavy atom. The number of phenolic OH excluding ortho intramolecular Hbond substituents is 2. The van der Waals surface area contributed by atoms with Crippen LogP contribution < -0.4 is 0 Å². The van der Waals surface area contributed by atoms with Crippen molar-refractivity contribution >= 4 is 26.9 Å². The summed E-state index contributed by atoms with van der Waals surface area (Å²) in [6, 6.07) is 9.78. The molecule has 0 atom stereocenters. The van der Waals surface area contributed by atoms with Crippen LogP contribution in [-0.4, -0.2) is 15.4 Å². The number of hydrogen-bond donors (Lipinski definition) is 2. The second-order valence-electron chi connectivity index (χ2n) is 3.88. The zero-order valence-electron chi connectivity index (χ0n) is 9.09. The van der Waals surface area contributed by atoms with Gasteiger partial charge in [-0.3, -0.25) is 0 Å². The minimum absolute atomic E-state index is 0.137. The second-order valence-corrected chi connectivity index (χ2v) is 4.74. The molecule has 5 heteroatoms. The molecule has 3 aromatic rings. The predicted octanol–water partition coefficient (Wildman–Crippen LogP) is 3.67. The molecule has 0 aliphatic carbocycles. The molecule has 0 amide bonds. The summed E-state index contributed by atoms with van der Waals surface area (Å²) < 4.78 is 5.90. The van der Waals surface area contributed by atoms with Crippen molar-refractivity contribution < 1.29 is 14.7 Å². The average Bonchev–Trinajstić information content (AvgIpc) is 2.74. The molecule has 0 saturated heterocycles. The summed E-state index contributed by atoms with van der Waals surface area (Å²) in [6.45, 7) is 0. The lowest BCUT2D eigenvalue weighted by atomic mass is 10.1. The van der Waals surface area contributed by atoms with E-state index in [1.54, 1.807) is 36.4 Å². The minimum atomic E-state index is 0.137. The van der Waals surface area contributed by atoms with Gasteiger partial charge in [-0.2, -0.15) is 0 Å². The molecule has 1 aromatic heterocycles. The highest BCUT2D eigenvalue weighted by Gasteiger charge is 2.14. The molecule has 1 heterocycles. The molecule has 4 nitrogen and oxygen atoms in total. The molecule has 0 radical (unpaired) electrons. The fraction of sp³-hybridized carbons (Fsp3) is 0. The van der Waals surface area contributed by atoms with Gasteiger partial charge in [-0.15, -0.1) is 0 Å². The van der Waals surface area contributed by atoms with Gasteiger partial charge >= 0.3 is 0 Å². The highest BCUT2D eigenvalue weighted by molar-refractivity contribution is 9.10. The van der Waals surface area contributed by atoms with Gasteiger partial charge in [0.2, 0.25) is 0 Å². The van der Waals surface area contributed by atoms with Gasteiger partial charge in [-0.05, 0) is 52.3 Å². The Balaban J connectivity index is 2.27. The van der Waals surface area contributed by atoms with Crippen molar-refractivity contribution in [2.45, 2.75) is 0 Å². The lowest BCUT2D eigenvalue weighted by Crippen LogP contribution is -1.78. The fourth-order valence-electron chi connectivity index (χ4n) is 1.82. The summed E-state index contributed by atoms with van der Waals surface area (Å²) >= 11 is 3.31. The van der Waals surface area contributed by atoms with Crippen molar-refractivity contribution in [1.82, 2.24) is 5.16 Å². The van der Waals surface area contributed by atoms with Crippen LogP contribution in [0.15, 0.2) is 45.4 Å². The van der Waals surface area contributed by atoms with E-state index in [-0.39, 0.29) is 11.5 Å². The first kappa shape index (κ1) is 11.1. The van der Waals surface area contributed by atoms with E-state index in [0.717, 1.165) is 5.56 Å². The largest absolute Gasteiger partial charge is 0.508 e. The summed E-state index contributed by atoms with van der Waals surface area (Å²) in [5.74, 6) is 0.327. The second kappa shape index (κ2) is 4.03. The third-order valence-corrected chi connectivity index (χ3v) is 3.24. The smallest absolute Gasteiger partial charge is 0.181 e. The highest BCUT2D eigenvalue weighted by atomic mass is 79.9. The van der Waals surface area contributed by atoms with Crippen LogP contribution in [0.2, 0.25) is 0 Å². The number of aromatic hydroxyl groups is 2. The SMILES string of the molecule is Oc1ccc(-c2noc3c(Br)cc(O)cc23)cc1. The van der Waals surface area contributed by atoms with Gasteiger partial charge in [0.25, 0.3) is 0 Å². The number of phenols is 2. The number of fused-ring (bicyclic) bond motifs is 1. The Morgan fingerprint density at radius 1 is 1.00 bits per heavy atom. The van der Waals surface area contributed by atoms with Gasteiger partial charge in [0.15, 0.2) is 5.58 Å². The van der Waals surface area contributed by atoms with Crippen molar-refractivity contribution in [3.8, 4) is 22.8 Å². The number of halogens is 1. The number of rotatable bonds is 1. The van der Waals surface area contributed by atoms with E-state index in [9.17, 15) is 10.2 Å². The van der Waals surface area contributed by atoms with E-state index >= 15 is 0 Å². The number of aromatic nitrogens is 1. The van der Waals surface area contributed by atoms with Crippen molar-refractivity contribution in [3.63, 3.8) is 0 Å². The molecular formula is C13H8BrNO3. The van der Waals surface area contributed by atoms with Gasteiger partial charge in [0.1, 0.15) is 17.2 Å². The van der Waals surface area contributed by atoms with Gasteiger partial charge < -0.3 is 14.7 Å². The van der Waals surface area contributed by atoms with Crippen LogP contribution in [0.25, 0.3) is 22.2 Å². The summed E-state index contributed by atoms with van der Waals surface area (Å²) in [6.07, 6.45) is 0. The van der Waals surface area contributed by atoms with E-state index < -0.39 is 0 Å². The van der Waals surface area contributed by atoms with Crippen molar-refractivity contribution in [2.75, 3.05) is 0 Å². The van der Waals surface area contributed by atoms with E-state index in [2.05, 4.69) is 21.1 Å². The Kier molecular flexibility index (Phi) is 2.48. The van der Waals surface area contributed by atoms with Crippen molar-refractivity contribution in [2.24, 2.45) is 0 Å². The lowest BCUT2D eigenvalue weighted by Gasteiger charge is -1.98. The molecule has 0 aliphatic heterocycles. The van der Waals surface area contributed by atoms with E-state index in [4.69, 9.17) is 4.52 Å². The van der Waals surface area contributed by atoms with Crippen LogP contribution in [0.3, 0.4) is 0 Å². The quantitative estimate of drug-likeness (QED) is 0.720. The maximum atomic E-state index is 9.61. The van der Waals surface area contributed by atoms with E-state index in [1.807, 2.05) is 0 Å². The standard InChI is InChI=1S/C13H8BrNO3/c14-11-6-9(17)5-10-12(15-18-13(10)11)7-1-3-8(16)4-2-7/h1-6,16-17H. The lowest BCUT2D eigenvalue weighted by molar-refractivity contribution is 0.456. The highest BCUT2D eigenvalue weighted by Crippen LogP contribution is 2.35. The van der Waals surface area contributed by atoms with Crippen LogP contribution in [0.4, 0.5) is 0 Å². The van der Waals surface area contributed by atoms with Crippen LogP contribution in [0.5, 0.6) is 11.5 Å². The van der Waals surface area contributed by atoms with Crippen molar-refractivity contribution in [3.05, 3.63) is 40.9 Å². The van der Waals surface area contributed by atoms with Crippen molar-refractivity contribution in [1.29, 1.82) is 0 Å². The van der Waals surface area contributed by atoms with E-state index in [1.165, 1.54) is 0 Å². The van der Waals surface area contributed by atoms with Crippen LogP contribution in [-0.2, 0) is 0 Å². The Bertz CT molecular complexity index is 719. The predicted molar refractivity (Wildman–Crippen MR) is 70.5 cm³/mol. The molecule has 18 heavy (non-hydrogen) atoms. The monoisotopic (exact) mass is 305 g/mol. The molecule has 0 fully saturated rings. The Hall–Kier alpha value is -2.01. The molecule has 0 unspecified atom stereocenters. The van der Waals surface area contributed by atoms with Gasteiger partial charge in [0.05, 0.1) is 9.86 Å². The Labute approximate surface area is 111 Å². The zero-order valence-corrected chi connectivity index (χ0v) is 10.7. The average molecular weight is 306 g/mol. The molecule has 2 N–H and O–H groups in total. The zero-order chi connectivity index (χ0) is 12.7. The first-order valence-corrected chi connectivity index (χ1v) is 6.02.